The van der Waals surface area contributed by atoms with Gasteiger partial charge in [0.05, 0.1) is 12.2 Å². The smallest absolute Gasteiger partial charge is 0.0640 e. The minimum absolute atomic E-state index is 0.525. The standard InChI is InChI=1S/C11H19NO/c12-7-8-2-1-5-11(8)6-9-3-4-10(11)13-9/h8-10H,1-7,12H2. The quantitative estimate of drug-likeness (QED) is 0.668. The molecule has 13 heavy (non-hydrogen) atoms. The Kier molecular flexibility index (Phi) is 1.72. The normalized spacial score (nSPS) is 53.8. The molecule has 0 amide bonds. The summed E-state index contributed by atoms with van der Waals surface area (Å²) in [6, 6.07) is 0. The SMILES string of the molecule is NCC1CCCC12CC1CCC2O1. The first-order valence-corrected chi connectivity index (χ1v) is 5.71. The van der Waals surface area contributed by atoms with E-state index in [9.17, 15) is 0 Å². The van der Waals surface area contributed by atoms with Crippen LogP contribution in [0.5, 0.6) is 0 Å². The maximum Gasteiger partial charge on any atom is 0.0640 e. The first-order chi connectivity index (χ1) is 6.35. The van der Waals surface area contributed by atoms with Crippen LogP contribution >= 0.6 is 0 Å². The summed E-state index contributed by atoms with van der Waals surface area (Å²) in [5.74, 6) is 0.766. The molecule has 4 unspecified atom stereocenters. The fourth-order valence-electron chi connectivity index (χ4n) is 4.05. The summed E-state index contributed by atoms with van der Waals surface area (Å²) >= 11 is 0. The Morgan fingerprint density at radius 3 is 2.85 bits per heavy atom. The molecule has 74 valence electrons. The van der Waals surface area contributed by atoms with Crippen molar-refractivity contribution in [1.82, 2.24) is 0 Å². The topological polar surface area (TPSA) is 35.2 Å². The number of hydrogen-bond donors (Lipinski definition) is 1. The number of ether oxygens (including phenoxy) is 1. The van der Waals surface area contributed by atoms with Crippen LogP contribution in [0.1, 0.15) is 38.5 Å². The van der Waals surface area contributed by atoms with Gasteiger partial charge >= 0.3 is 0 Å². The van der Waals surface area contributed by atoms with Crippen molar-refractivity contribution in [2.24, 2.45) is 17.1 Å². The Labute approximate surface area is 79.8 Å². The third kappa shape index (κ3) is 0.962. The molecular weight excluding hydrogens is 162 g/mol. The highest BCUT2D eigenvalue weighted by atomic mass is 16.5. The highest BCUT2D eigenvalue weighted by molar-refractivity contribution is 5.06. The second-order valence-corrected chi connectivity index (χ2v) is 5.09. The first-order valence-electron chi connectivity index (χ1n) is 5.71. The van der Waals surface area contributed by atoms with Crippen molar-refractivity contribution in [3.05, 3.63) is 0 Å². The molecule has 2 heterocycles. The van der Waals surface area contributed by atoms with Crippen molar-refractivity contribution < 1.29 is 4.74 Å². The van der Waals surface area contributed by atoms with Crippen molar-refractivity contribution in [1.29, 1.82) is 0 Å². The summed E-state index contributed by atoms with van der Waals surface area (Å²) in [5, 5.41) is 0. The van der Waals surface area contributed by atoms with Gasteiger partial charge in [-0.05, 0) is 44.6 Å². The second-order valence-electron chi connectivity index (χ2n) is 5.09. The largest absolute Gasteiger partial charge is 0.374 e. The molecule has 0 aromatic heterocycles. The van der Waals surface area contributed by atoms with Gasteiger partial charge in [-0.1, -0.05) is 6.42 Å². The minimum Gasteiger partial charge on any atom is -0.374 e. The van der Waals surface area contributed by atoms with Crippen LogP contribution in [0.2, 0.25) is 0 Å². The molecule has 2 saturated heterocycles. The third-order valence-electron chi connectivity index (χ3n) is 4.65. The maximum atomic E-state index is 5.99. The summed E-state index contributed by atoms with van der Waals surface area (Å²) < 4.78 is 5.99. The molecule has 3 aliphatic rings. The van der Waals surface area contributed by atoms with E-state index in [4.69, 9.17) is 10.5 Å². The molecule has 2 heteroatoms. The van der Waals surface area contributed by atoms with E-state index < -0.39 is 0 Å². The van der Waals surface area contributed by atoms with Gasteiger partial charge in [0.1, 0.15) is 0 Å². The molecule has 4 atom stereocenters. The van der Waals surface area contributed by atoms with Gasteiger partial charge in [0.2, 0.25) is 0 Å². The summed E-state index contributed by atoms with van der Waals surface area (Å²) in [5.41, 5.74) is 6.39. The second kappa shape index (κ2) is 2.71. The Morgan fingerprint density at radius 2 is 2.23 bits per heavy atom. The van der Waals surface area contributed by atoms with Gasteiger partial charge in [0, 0.05) is 5.41 Å². The molecule has 1 aliphatic carbocycles. The average molecular weight is 181 g/mol. The zero-order chi connectivity index (χ0) is 8.89. The van der Waals surface area contributed by atoms with Crippen LogP contribution in [0, 0.1) is 11.3 Å². The Bertz CT molecular complexity index is 212. The van der Waals surface area contributed by atoms with Gasteiger partial charge in [-0.3, -0.25) is 0 Å². The minimum atomic E-state index is 0.525. The van der Waals surface area contributed by atoms with Crippen molar-refractivity contribution in [2.45, 2.75) is 50.7 Å². The molecule has 1 saturated carbocycles. The third-order valence-corrected chi connectivity index (χ3v) is 4.65. The van der Waals surface area contributed by atoms with Gasteiger partial charge < -0.3 is 10.5 Å². The molecule has 2 nitrogen and oxygen atoms in total. The lowest BCUT2D eigenvalue weighted by atomic mass is 9.67. The average Bonchev–Trinajstić information content (AvgIpc) is 2.80. The Hall–Kier alpha value is -0.0800. The van der Waals surface area contributed by atoms with E-state index in [-0.39, 0.29) is 0 Å². The molecule has 1 spiro atoms. The van der Waals surface area contributed by atoms with Crippen molar-refractivity contribution >= 4 is 0 Å². The monoisotopic (exact) mass is 181 g/mol. The highest BCUT2D eigenvalue weighted by Crippen LogP contribution is 2.58. The van der Waals surface area contributed by atoms with Gasteiger partial charge in [0.25, 0.3) is 0 Å². The highest BCUT2D eigenvalue weighted by Gasteiger charge is 2.57. The van der Waals surface area contributed by atoms with Gasteiger partial charge in [-0.25, -0.2) is 0 Å². The molecule has 2 N–H and O–H groups in total. The van der Waals surface area contributed by atoms with Crippen LogP contribution in [0.15, 0.2) is 0 Å². The van der Waals surface area contributed by atoms with Crippen LogP contribution in [0.3, 0.4) is 0 Å². The fourth-order valence-corrected chi connectivity index (χ4v) is 4.05. The molecule has 0 aromatic rings. The van der Waals surface area contributed by atoms with E-state index in [0.717, 1.165) is 12.5 Å². The lowest BCUT2D eigenvalue weighted by Gasteiger charge is -2.36. The zero-order valence-electron chi connectivity index (χ0n) is 8.17. The van der Waals surface area contributed by atoms with E-state index >= 15 is 0 Å². The first kappa shape index (κ1) is 8.25. The summed E-state index contributed by atoms with van der Waals surface area (Å²) in [6.45, 7) is 0.882. The number of hydrogen-bond acceptors (Lipinski definition) is 2. The predicted molar refractivity (Wildman–Crippen MR) is 51.3 cm³/mol. The van der Waals surface area contributed by atoms with Crippen molar-refractivity contribution in [3.63, 3.8) is 0 Å². The Balaban J connectivity index is 1.88. The van der Waals surface area contributed by atoms with Crippen LogP contribution in [0.25, 0.3) is 0 Å². The van der Waals surface area contributed by atoms with Crippen LogP contribution < -0.4 is 5.73 Å². The number of nitrogens with two attached hydrogens (primary N) is 1. The number of fused-ring (bicyclic) bond motifs is 3. The summed E-state index contributed by atoms with van der Waals surface area (Å²) in [6.07, 6.45) is 9.23. The molecule has 0 radical (unpaired) electrons. The van der Waals surface area contributed by atoms with Gasteiger partial charge in [-0.15, -0.1) is 0 Å². The summed E-state index contributed by atoms with van der Waals surface area (Å²) in [4.78, 5) is 0. The van der Waals surface area contributed by atoms with Crippen molar-refractivity contribution in [2.75, 3.05) is 6.54 Å². The van der Waals surface area contributed by atoms with E-state index in [1.54, 1.807) is 0 Å². The lowest BCUT2D eigenvalue weighted by molar-refractivity contribution is 0.0428. The van der Waals surface area contributed by atoms with Crippen LogP contribution in [-0.4, -0.2) is 18.8 Å². The Morgan fingerprint density at radius 1 is 1.31 bits per heavy atom. The predicted octanol–water partition coefficient (Wildman–Crippen LogP) is 1.68. The van der Waals surface area contributed by atoms with Crippen LogP contribution in [0.4, 0.5) is 0 Å². The molecule has 3 rings (SSSR count). The molecular formula is C11H19NO. The zero-order valence-corrected chi connectivity index (χ0v) is 8.17. The lowest BCUT2D eigenvalue weighted by Crippen LogP contribution is -2.39. The van der Waals surface area contributed by atoms with Gasteiger partial charge in [0.15, 0.2) is 0 Å². The molecule has 2 bridgehead atoms. The summed E-state index contributed by atoms with van der Waals surface area (Å²) in [7, 11) is 0. The molecule has 2 aliphatic heterocycles. The van der Waals surface area contributed by atoms with Gasteiger partial charge in [-0.2, -0.15) is 0 Å². The fraction of sp³-hybridized carbons (Fsp3) is 1.00. The van der Waals surface area contributed by atoms with E-state index in [0.29, 0.717) is 17.6 Å². The van der Waals surface area contributed by atoms with E-state index in [1.807, 2.05) is 0 Å². The molecule has 0 aromatic carbocycles. The van der Waals surface area contributed by atoms with Crippen LogP contribution in [-0.2, 0) is 4.74 Å². The molecule has 3 fully saturated rings. The number of rotatable bonds is 1. The van der Waals surface area contributed by atoms with Crippen molar-refractivity contribution in [3.8, 4) is 0 Å². The van der Waals surface area contributed by atoms with E-state index in [1.165, 1.54) is 38.5 Å². The van der Waals surface area contributed by atoms with E-state index in [2.05, 4.69) is 0 Å². The maximum absolute atomic E-state index is 5.99.